The molecule has 0 unspecified atom stereocenters. The predicted octanol–water partition coefficient (Wildman–Crippen LogP) is 0.979. The molecule has 2 amide bonds. The Kier molecular flexibility index (Phi) is 5.91. The van der Waals surface area contributed by atoms with E-state index < -0.39 is 24.0 Å². The molecule has 1 aromatic heterocycles. The summed E-state index contributed by atoms with van der Waals surface area (Å²) in [5.41, 5.74) is 0. The highest BCUT2D eigenvalue weighted by atomic mass is 32.1. The van der Waals surface area contributed by atoms with Crippen LogP contribution >= 0.6 is 11.3 Å². The summed E-state index contributed by atoms with van der Waals surface area (Å²) in [6.07, 6.45) is 1.45. The average Bonchev–Trinajstić information content (AvgIpc) is 2.78. The Morgan fingerprint density at radius 1 is 1.50 bits per heavy atom. The Morgan fingerprint density at radius 2 is 2.20 bits per heavy atom. The number of carbonyl (C=O) groups excluding carboxylic acids is 2. The van der Waals surface area contributed by atoms with Gasteiger partial charge in [-0.15, -0.1) is 11.3 Å². The zero-order chi connectivity index (χ0) is 15.1. The van der Waals surface area contributed by atoms with Crippen molar-refractivity contribution in [3.63, 3.8) is 0 Å². The quantitative estimate of drug-likeness (QED) is 0.674. The molecule has 0 fully saturated rings. The van der Waals surface area contributed by atoms with Gasteiger partial charge >= 0.3 is 18.0 Å². The lowest BCUT2D eigenvalue weighted by Gasteiger charge is -2.13. The molecule has 0 saturated heterocycles. The molecule has 110 valence electrons. The summed E-state index contributed by atoms with van der Waals surface area (Å²) in [4.78, 5) is 38.4. The number of carboxylic acid groups (broad SMARTS) is 1. The third-order valence-corrected chi connectivity index (χ3v) is 3.14. The molecule has 0 bridgehead atoms. The van der Waals surface area contributed by atoms with Crippen LogP contribution in [0.15, 0.2) is 6.20 Å². The first kappa shape index (κ1) is 15.9. The number of esters is 1. The van der Waals surface area contributed by atoms with Crippen LogP contribution in [0.2, 0.25) is 0 Å². The molecule has 20 heavy (non-hydrogen) atoms. The number of carboxylic acids is 1. The van der Waals surface area contributed by atoms with E-state index in [-0.39, 0.29) is 12.8 Å². The van der Waals surface area contributed by atoms with Crippen LogP contribution in [0.3, 0.4) is 0 Å². The van der Waals surface area contributed by atoms with Crippen molar-refractivity contribution in [2.45, 2.75) is 25.8 Å². The Hall–Kier alpha value is -2.16. The van der Waals surface area contributed by atoms with Gasteiger partial charge in [-0.3, -0.25) is 10.1 Å². The van der Waals surface area contributed by atoms with Gasteiger partial charge in [-0.2, -0.15) is 0 Å². The zero-order valence-corrected chi connectivity index (χ0v) is 11.8. The van der Waals surface area contributed by atoms with E-state index in [1.54, 1.807) is 6.20 Å². The predicted molar refractivity (Wildman–Crippen MR) is 71.7 cm³/mol. The first-order valence-electron chi connectivity index (χ1n) is 5.72. The molecule has 1 heterocycles. The SMILES string of the molecule is COC(=O)CC[C@@H](NC(=O)Nc1ncc(C)s1)C(=O)O. The number of methoxy groups -OCH3 is 1. The maximum atomic E-state index is 11.6. The van der Waals surface area contributed by atoms with Gasteiger partial charge in [0.25, 0.3) is 0 Å². The fourth-order valence-corrected chi connectivity index (χ4v) is 1.99. The largest absolute Gasteiger partial charge is 0.480 e. The number of thiazole rings is 1. The highest BCUT2D eigenvalue weighted by molar-refractivity contribution is 7.15. The second kappa shape index (κ2) is 7.43. The topological polar surface area (TPSA) is 118 Å². The summed E-state index contributed by atoms with van der Waals surface area (Å²) >= 11 is 1.27. The van der Waals surface area contributed by atoms with Gasteiger partial charge in [0.15, 0.2) is 5.13 Å². The number of nitrogens with one attached hydrogen (secondary N) is 2. The van der Waals surface area contributed by atoms with Crippen molar-refractivity contribution >= 4 is 34.4 Å². The van der Waals surface area contributed by atoms with E-state index in [2.05, 4.69) is 20.4 Å². The van der Waals surface area contributed by atoms with Gasteiger partial charge in [0.1, 0.15) is 6.04 Å². The first-order chi connectivity index (χ1) is 9.42. The number of aliphatic carboxylic acids is 1. The van der Waals surface area contributed by atoms with Gasteiger partial charge in [-0.1, -0.05) is 0 Å². The summed E-state index contributed by atoms with van der Waals surface area (Å²) in [5.74, 6) is -1.76. The third kappa shape index (κ3) is 5.22. The number of rotatable bonds is 6. The van der Waals surface area contributed by atoms with Crippen molar-refractivity contribution in [2.75, 3.05) is 12.4 Å². The van der Waals surface area contributed by atoms with Crippen molar-refractivity contribution in [1.82, 2.24) is 10.3 Å². The van der Waals surface area contributed by atoms with Crippen LogP contribution in [0.1, 0.15) is 17.7 Å². The number of hydrogen-bond donors (Lipinski definition) is 3. The fraction of sp³-hybridized carbons (Fsp3) is 0.455. The maximum absolute atomic E-state index is 11.6. The van der Waals surface area contributed by atoms with Crippen molar-refractivity contribution in [2.24, 2.45) is 0 Å². The van der Waals surface area contributed by atoms with Crippen LogP contribution in [-0.4, -0.2) is 41.2 Å². The third-order valence-electron chi connectivity index (χ3n) is 2.31. The Bertz CT molecular complexity index is 502. The van der Waals surface area contributed by atoms with Crippen molar-refractivity contribution in [3.05, 3.63) is 11.1 Å². The number of aryl methyl sites for hydroxylation is 1. The number of anilines is 1. The molecule has 3 N–H and O–H groups in total. The highest BCUT2D eigenvalue weighted by Crippen LogP contribution is 2.16. The lowest BCUT2D eigenvalue weighted by molar-refractivity contribution is -0.142. The lowest BCUT2D eigenvalue weighted by atomic mass is 10.1. The van der Waals surface area contributed by atoms with E-state index in [1.165, 1.54) is 18.4 Å². The standard InChI is InChI=1S/C11H15N3O5S/c1-6-5-12-11(20-6)14-10(18)13-7(9(16)17)3-4-8(15)19-2/h5,7H,3-4H2,1-2H3,(H,16,17)(H2,12,13,14,18)/t7-/m1/s1. The molecule has 8 nitrogen and oxygen atoms in total. The van der Waals surface area contributed by atoms with Crippen LogP contribution in [-0.2, 0) is 14.3 Å². The second-order valence-corrected chi connectivity index (χ2v) is 5.11. The summed E-state index contributed by atoms with van der Waals surface area (Å²) in [7, 11) is 1.21. The Morgan fingerprint density at radius 3 is 2.70 bits per heavy atom. The Balaban J connectivity index is 2.50. The van der Waals surface area contributed by atoms with Crippen LogP contribution in [0.25, 0.3) is 0 Å². The van der Waals surface area contributed by atoms with Crippen molar-refractivity contribution in [1.29, 1.82) is 0 Å². The summed E-state index contributed by atoms with van der Waals surface area (Å²) in [6.45, 7) is 1.83. The van der Waals surface area contributed by atoms with E-state index in [9.17, 15) is 14.4 Å². The number of hydrogen-bond acceptors (Lipinski definition) is 6. The van der Waals surface area contributed by atoms with E-state index in [1.807, 2.05) is 6.92 Å². The molecule has 9 heteroatoms. The van der Waals surface area contributed by atoms with Gasteiger partial charge in [-0.05, 0) is 13.3 Å². The summed E-state index contributed by atoms with van der Waals surface area (Å²) in [6, 6.07) is -1.85. The minimum absolute atomic E-state index is 0.0493. The normalized spacial score (nSPS) is 11.5. The average molecular weight is 301 g/mol. The van der Waals surface area contributed by atoms with Crippen LogP contribution in [0.5, 0.6) is 0 Å². The molecule has 0 radical (unpaired) electrons. The van der Waals surface area contributed by atoms with Gasteiger partial charge < -0.3 is 15.2 Å². The number of nitrogens with zero attached hydrogens (tertiary/aromatic N) is 1. The maximum Gasteiger partial charge on any atom is 0.326 e. The van der Waals surface area contributed by atoms with Gasteiger partial charge in [0.2, 0.25) is 0 Å². The van der Waals surface area contributed by atoms with Gasteiger partial charge in [0.05, 0.1) is 7.11 Å². The number of ether oxygens (including phenoxy) is 1. The molecule has 1 atom stereocenters. The molecular weight excluding hydrogens is 286 g/mol. The number of urea groups is 1. The molecule has 0 aliphatic rings. The minimum Gasteiger partial charge on any atom is -0.480 e. The molecule has 1 aromatic rings. The smallest absolute Gasteiger partial charge is 0.326 e. The van der Waals surface area contributed by atoms with Gasteiger partial charge in [0, 0.05) is 17.5 Å². The van der Waals surface area contributed by atoms with Crippen LogP contribution < -0.4 is 10.6 Å². The minimum atomic E-state index is -1.22. The second-order valence-electron chi connectivity index (χ2n) is 3.88. The monoisotopic (exact) mass is 301 g/mol. The zero-order valence-electron chi connectivity index (χ0n) is 11.0. The van der Waals surface area contributed by atoms with E-state index >= 15 is 0 Å². The van der Waals surface area contributed by atoms with Gasteiger partial charge in [-0.25, -0.2) is 14.6 Å². The molecule has 0 aliphatic heterocycles. The molecule has 0 spiro atoms. The molecule has 0 aliphatic carbocycles. The summed E-state index contributed by atoms with van der Waals surface area (Å²) in [5, 5.41) is 14.0. The molecule has 1 rings (SSSR count). The first-order valence-corrected chi connectivity index (χ1v) is 6.53. The lowest BCUT2D eigenvalue weighted by Crippen LogP contribution is -2.43. The molecular formula is C11H15N3O5S. The van der Waals surface area contributed by atoms with Crippen molar-refractivity contribution < 1.29 is 24.2 Å². The number of aromatic nitrogens is 1. The van der Waals surface area contributed by atoms with Crippen molar-refractivity contribution in [3.8, 4) is 0 Å². The molecule has 0 saturated carbocycles. The summed E-state index contributed by atoms with van der Waals surface area (Å²) < 4.78 is 4.42. The van der Waals surface area contributed by atoms with Crippen LogP contribution in [0, 0.1) is 6.92 Å². The van der Waals surface area contributed by atoms with E-state index in [4.69, 9.17) is 5.11 Å². The van der Waals surface area contributed by atoms with E-state index in [0.717, 1.165) is 4.88 Å². The number of carbonyl (C=O) groups is 3. The van der Waals surface area contributed by atoms with Crippen LogP contribution in [0.4, 0.5) is 9.93 Å². The fourth-order valence-electron chi connectivity index (χ4n) is 1.33. The number of amides is 2. The Labute approximate surface area is 119 Å². The molecule has 0 aromatic carbocycles. The highest BCUT2D eigenvalue weighted by Gasteiger charge is 2.21. The van der Waals surface area contributed by atoms with E-state index in [0.29, 0.717) is 5.13 Å².